The van der Waals surface area contributed by atoms with E-state index in [2.05, 4.69) is 9.98 Å². The standard InChI is InChI=1S/C17H24N6O3/c1-25-13-9-11(5-6-12(13)26-10-14(18)24)23-16(20)21-15(19)22-17(23)7-3-2-4-8-17/h5-6,9H,2-4,7-8,10H2,1H3,(H2,18,24)(H4,19,20,21,22). The molecule has 2 aliphatic rings. The number of rotatable bonds is 5. The van der Waals surface area contributed by atoms with Crippen molar-refractivity contribution in [1.82, 2.24) is 0 Å². The Labute approximate surface area is 151 Å². The molecule has 1 spiro atoms. The van der Waals surface area contributed by atoms with Crippen molar-refractivity contribution in [2.45, 2.75) is 37.8 Å². The predicted octanol–water partition coefficient (Wildman–Crippen LogP) is 0.669. The first-order valence-electron chi connectivity index (χ1n) is 8.54. The number of primary amides is 1. The van der Waals surface area contributed by atoms with Crippen molar-refractivity contribution in [2.75, 3.05) is 18.6 Å². The lowest BCUT2D eigenvalue weighted by Crippen LogP contribution is -2.58. The second kappa shape index (κ2) is 7.11. The lowest BCUT2D eigenvalue weighted by Gasteiger charge is -2.45. The number of methoxy groups -OCH3 is 1. The van der Waals surface area contributed by atoms with Crippen LogP contribution in [0.15, 0.2) is 28.2 Å². The van der Waals surface area contributed by atoms with Crippen LogP contribution in [0.1, 0.15) is 32.1 Å². The van der Waals surface area contributed by atoms with E-state index in [0.717, 1.165) is 37.8 Å². The Morgan fingerprint density at radius 3 is 2.62 bits per heavy atom. The average Bonchev–Trinajstić information content (AvgIpc) is 2.60. The summed E-state index contributed by atoms with van der Waals surface area (Å²) in [6.45, 7) is -0.228. The van der Waals surface area contributed by atoms with Crippen LogP contribution in [0.5, 0.6) is 11.5 Å². The highest BCUT2D eigenvalue weighted by molar-refractivity contribution is 6.05. The van der Waals surface area contributed by atoms with Gasteiger partial charge in [-0.15, -0.1) is 0 Å². The molecular weight excluding hydrogens is 336 g/mol. The molecule has 0 unspecified atom stereocenters. The van der Waals surface area contributed by atoms with Crippen LogP contribution in [0, 0.1) is 0 Å². The van der Waals surface area contributed by atoms with Crippen molar-refractivity contribution in [1.29, 1.82) is 0 Å². The van der Waals surface area contributed by atoms with Crippen LogP contribution >= 0.6 is 0 Å². The number of benzene rings is 1. The Kier molecular flexibility index (Phi) is 4.88. The average molecular weight is 360 g/mol. The van der Waals surface area contributed by atoms with Gasteiger partial charge in [-0.05, 0) is 37.8 Å². The highest BCUT2D eigenvalue weighted by Gasteiger charge is 2.42. The highest BCUT2D eigenvalue weighted by atomic mass is 16.5. The number of amides is 1. The Bertz CT molecular complexity index is 755. The highest BCUT2D eigenvalue weighted by Crippen LogP contribution is 2.41. The van der Waals surface area contributed by atoms with E-state index >= 15 is 0 Å². The topological polar surface area (TPSA) is 142 Å². The van der Waals surface area contributed by atoms with Crippen molar-refractivity contribution >= 4 is 23.5 Å². The zero-order valence-corrected chi connectivity index (χ0v) is 14.8. The molecule has 9 nitrogen and oxygen atoms in total. The van der Waals surface area contributed by atoms with E-state index in [0.29, 0.717) is 17.5 Å². The van der Waals surface area contributed by atoms with Crippen LogP contribution in [0.4, 0.5) is 5.69 Å². The van der Waals surface area contributed by atoms with Gasteiger partial charge in [0.2, 0.25) is 11.9 Å². The third-order valence-electron chi connectivity index (χ3n) is 4.63. The summed E-state index contributed by atoms with van der Waals surface area (Å²) >= 11 is 0. The molecule has 3 rings (SSSR count). The number of guanidine groups is 2. The molecule has 1 saturated carbocycles. The van der Waals surface area contributed by atoms with Crippen molar-refractivity contribution in [3.8, 4) is 11.5 Å². The molecule has 0 saturated heterocycles. The van der Waals surface area contributed by atoms with E-state index in [1.165, 1.54) is 7.11 Å². The fraction of sp³-hybridized carbons (Fsp3) is 0.471. The second-order valence-electron chi connectivity index (χ2n) is 6.41. The van der Waals surface area contributed by atoms with E-state index in [1.807, 2.05) is 11.0 Å². The van der Waals surface area contributed by atoms with Crippen LogP contribution in [0.3, 0.4) is 0 Å². The molecular formula is C17H24N6O3. The van der Waals surface area contributed by atoms with Crippen molar-refractivity contribution in [3.63, 3.8) is 0 Å². The van der Waals surface area contributed by atoms with Crippen LogP contribution in [0.25, 0.3) is 0 Å². The zero-order valence-electron chi connectivity index (χ0n) is 14.8. The van der Waals surface area contributed by atoms with E-state index < -0.39 is 11.6 Å². The molecule has 26 heavy (non-hydrogen) atoms. The normalized spacial score (nSPS) is 18.9. The van der Waals surface area contributed by atoms with Gasteiger partial charge in [-0.2, -0.15) is 4.99 Å². The molecule has 1 fully saturated rings. The predicted molar refractivity (Wildman–Crippen MR) is 99.2 cm³/mol. The van der Waals surface area contributed by atoms with E-state index in [9.17, 15) is 4.79 Å². The maximum atomic E-state index is 11.0. The van der Waals surface area contributed by atoms with E-state index in [1.54, 1.807) is 12.1 Å². The lowest BCUT2D eigenvalue weighted by molar-refractivity contribution is -0.119. The summed E-state index contributed by atoms with van der Waals surface area (Å²) in [7, 11) is 1.52. The van der Waals surface area contributed by atoms with E-state index in [-0.39, 0.29) is 12.6 Å². The first-order valence-corrected chi connectivity index (χ1v) is 8.54. The molecule has 9 heteroatoms. The molecule has 1 aliphatic heterocycles. The summed E-state index contributed by atoms with van der Waals surface area (Å²) in [6, 6.07) is 5.32. The molecule has 0 radical (unpaired) electrons. The zero-order chi connectivity index (χ0) is 18.7. The number of hydrogen-bond acceptors (Lipinski definition) is 8. The lowest BCUT2D eigenvalue weighted by atomic mass is 9.87. The number of nitrogens with two attached hydrogens (primary N) is 3. The van der Waals surface area contributed by atoms with Gasteiger partial charge in [-0.1, -0.05) is 6.42 Å². The molecule has 0 bridgehead atoms. The quantitative estimate of drug-likeness (QED) is 0.704. The number of hydrogen-bond donors (Lipinski definition) is 3. The molecule has 0 aromatic heterocycles. The minimum absolute atomic E-state index is 0.203. The summed E-state index contributed by atoms with van der Waals surface area (Å²) in [5.74, 6) is 0.823. The summed E-state index contributed by atoms with van der Waals surface area (Å²) in [5, 5.41) is 0. The number of nitrogens with zero attached hydrogens (tertiary/aromatic N) is 3. The molecule has 1 aliphatic carbocycles. The number of carbonyl (C=O) groups excluding carboxylic acids is 1. The Morgan fingerprint density at radius 1 is 1.23 bits per heavy atom. The third-order valence-corrected chi connectivity index (χ3v) is 4.63. The summed E-state index contributed by atoms with van der Waals surface area (Å²) in [6.07, 6.45) is 4.92. The van der Waals surface area contributed by atoms with Gasteiger partial charge in [0.15, 0.2) is 18.1 Å². The van der Waals surface area contributed by atoms with Gasteiger partial charge in [0, 0.05) is 6.07 Å². The Balaban J connectivity index is 1.97. The summed E-state index contributed by atoms with van der Waals surface area (Å²) in [5.41, 5.74) is 17.5. The van der Waals surface area contributed by atoms with Crippen molar-refractivity contribution in [2.24, 2.45) is 27.2 Å². The summed E-state index contributed by atoms with van der Waals surface area (Å²) in [4.78, 5) is 21.6. The Hall–Kier alpha value is -2.97. The number of aliphatic imine (C=N–C) groups is 2. The van der Waals surface area contributed by atoms with Gasteiger partial charge < -0.3 is 26.7 Å². The molecule has 1 amide bonds. The Morgan fingerprint density at radius 2 is 1.96 bits per heavy atom. The number of carbonyl (C=O) groups is 1. The SMILES string of the molecule is COc1cc(N2C(N)=NC(N)=NC23CCCCC3)ccc1OCC(N)=O. The van der Waals surface area contributed by atoms with Crippen LogP contribution in [-0.2, 0) is 4.79 Å². The molecule has 140 valence electrons. The van der Waals surface area contributed by atoms with Gasteiger partial charge in [-0.25, -0.2) is 4.99 Å². The van der Waals surface area contributed by atoms with Gasteiger partial charge in [0.05, 0.1) is 12.8 Å². The number of ether oxygens (including phenoxy) is 2. The molecule has 6 N–H and O–H groups in total. The monoisotopic (exact) mass is 360 g/mol. The first kappa shape index (κ1) is 17.8. The van der Waals surface area contributed by atoms with Crippen LogP contribution < -0.4 is 31.6 Å². The maximum absolute atomic E-state index is 11.0. The van der Waals surface area contributed by atoms with E-state index in [4.69, 9.17) is 26.7 Å². The van der Waals surface area contributed by atoms with Gasteiger partial charge in [-0.3, -0.25) is 9.69 Å². The molecule has 1 heterocycles. The minimum Gasteiger partial charge on any atom is -0.493 e. The molecule has 1 aromatic carbocycles. The first-order chi connectivity index (χ1) is 12.4. The summed E-state index contributed by atoms with van der Waals surface area (Å²) < 4.78 is 10.8. The maximum Gasteiger partial charge on any atom is 0.255 e. The number of anilines is 1. The van der Waals surface area contributed by atoms with Crippen molar-refractivity contribution < 1.29 is 14.3 Å². The fourth-order valence-corrected chi connectivity index (χ4v) is 3.56. The van der Waals surface area contributed by atoms with Crippen molar-refractivity contribution in [3.05, 3.63) is 18.2 Å². The van der Waals surface area contributed by atoms with Gasteiger partial charge in [0.25, 0.3) is 5.91 Å². The van der Waals surface area contributed by atoms with Gasteiger partial charge >= 0.3 is 0 Å². The van der Waals surface area contributed by atoms with Crippen LogP contribution in [0.2, 0.25) is 0 Å². The van der Waals surface area contributed by atoms with Crippen LogP contribution in [-0.4, -0.2) is 37.2 Å². The smallest absolute Gasteiger partial charge is 0.255 e. The second-order valence-corrected chi connectivity index (χ2v) is 6.41. The third kappa shape index (κ3) is 3.37. The van der Waals surface area contributed by atoms with Gasteiger partial charge in [0.1, 0.15) is 5.66 Å². The minimum atomic E-state index is -0.561. The largest absolute Gasteiger partial charge is 0.493 e. The molecule has 0 atom stereocenters. The molecule has 1 aromatic rings. The fourth-order valence-electron chi connectivity index (χ4n) is 3.56.